The minimum atomic E-state index is -1.24. The third kappa shape index (κ3) is 4.42. The zero-order valence-electron chi connectivity index (χ0n) is 15.8. The highest BCUT2D eigenvalue weighted by Crippen LogP contribution is 2.36. The largest absolute Gasteiger partial charge is 0.498 e. The van der Waals surface area contributed by atoms with Gasteiger partial charge in [0.2, 0.25) is 0 Å². The number of carbonyl (C=O) groups is 2. The molecule has 0 radical (unpaired) electrons. The molecule has 1 aliphatic heterocycles. The fourth-order valence-corrected chi connectivity index (χ4v) is 4.16. The number of nitrogens with zero attached hydrogens (tertiary/aromatic N) is 1. The van der Waals surface area contributed by atoms with Crippen molar-refractivity contribution in [1.82, 2.24) is 0 Å². The first-order chi connectivity index (χ1) is 11.8. The van der Waals surface area contributed by atoms with Gasteiger partial charge < -0.3 is 14.6 Å². The molecule has 142 valence electrons. The van der Waals surface area contributed by atoms with Gasteiger partial charge in [0.1, 0.15) is 12.6 Å². The van der Waals surface area contributed by atoms with E-state index in [0.29, 0.717) is 6.42 Å². The molecule has 25 heavy (non-hydrogen) atoms. The molecule has 1 amide bonds. The maximum absolute atomic E-state index is 12.4. The normalized spacial score (nSPS) is 29.2. The molecule has 1 saturated carbocycles. The molecule has 1 aliphatic carbocycles. The van der Waals surface area contributed by atoms with Gasteiger partial charge >= 0.3 is 12.4 Å². The number of esters is 1. The van der Waals surface area contributed by atoms with Crippen LogP contribution < -0.4 is 5.11 Å². The molecule has 3 unspecified atom stereocenters. The van der Waals surface area contributed by atoms with Crippen LogP contribution in [0.25, 0.3) is 0 Å². The highest BCUT2D eigenvalue weighted by atomic mass is 16.7. The molecule has 1 heterocycles. The molecule has 0 aromatic heterocycles. The Morgan fingerprint density at radius 3 is 2.40 bits per heavy atom. The minimum absolute atomic E-state index is 0.0773. The van der Waals surface area contributed by atoms with Gasteiger partial charge in [0.15, 0.2) is 0 Å². The van der Waals surface area contributed by atoms with Crippen LogP contribution in [0.2, 0.25) is 0 Å². The summed E-state index contributed by atoms with van der Waals surface area (Å²) in [5.74, 6) is -0.454. The van der Waals surface area contributed by atoms with Gasteiger partial charge in [-0.2, -0.15) is 0 Å². The van der Waals surface area contributed by atoms with Crippen LogP contribution in [0, 0.1) is 5.92 Å². The topological polar surface area (TPSA) is 75.7 Å². The first-order valence-electron chi connectivity index (χ1n) is 9.34. The number of carboxylic acid groups (broad SMARTS) is 1. The van der Waals surface area contributed by atoms with E-state index in [1.54, 1.807) is 0 Å². The van der Waals surface area contributed by atoms with Gasteiger partial charge in [-0.1, -0.05) is 39.2 Å². The maximum Gasteiger partial charge on any atom is 0.360 e. The summed E-state index contributed by atoms with van der Waals surface area (Å²) in [7, 11) is 0. The van der Waals surface area contributed by atoms with E-state index in [9.17, 15) is 14.7 Å². The molecule has 1 fully saturated rings. The van der Waals surface area contributed by atoms with Gasteiger partial charge in [-0.05, 0) is 25.3 Å². The Morgan fingerprint density at radius 1 is 1.24 bits per heavy atom. The van der Waals surface area contributed by atoms with Crippen molar-refractivity contribution >= 4 is 12.1 Å². The Morgan fingerprint density at radius 2 is 1.88 bits per heavy atom. The second-order valence-corrected chi connectivity index (χ2v) is 7.76. The van der Waals surface area contributed by atoms with Crippen LogP contribution in [0.3, 0.4) is 0 Å². The second-order valence-electron chi connectivity index (χ2n) is 7.76. The summed E-state index contributed by atoms with van der Waals surface area (Å²) in [5.41, 5.74) is 0.950. The summed E-state index contributed by atoms with van der Waals surface area (Å²) in [6.45, 7) is 7.40. The molecule has 0 spiro atoms. The molecule has 2 aliphatic rings. The zero-order chi connectivity index (χ0) is 18.6. The standard InChI is InChI=1S/C19H31NO5/c1-13(2)17-11-10-14(3)12-20(17,18(22)23)19(24-15(4)21)25-16-8-6-5-7-9-16/h10,13,16-17,19H,5-9,11-12H2,1-4H3. The van der Waals surface area contributed by atoms with E-state index in [1.807, 2.05) is 20.8 Å². The van der Waals surface area contributed by atoms with Gasteiger partial charge in [-0.25, -0.2) is 4.48 Å². The van der Waals surface area contributed by atoms with Crippen molar-refractivity contribution < 1.29 is 28.7 Å². The van der Waals surface area contributed by atoms with Crippen LogP contribution >= 0.6 is 0 Å². The van der Waals surface area contributed by atoms with Gasteiger partial charge in [0.25, 0.3) is 6.09 Å². The number of hydrogen-bond acceptors (Lipinski definition) is 5. The molecule has 2 rings (SSSR count). The first-order valence-corrected chi connectivity index (χ1v) is 9.34. The Hall–Kier alpha value is -1.40. The van der Waals surface area contributed by atoms with Crippen molar-refractivity contribution in [2.75, 3.05) is 6.54 Å². The number of hydrogen-bond donors (Lipinski definition) is 0. The van der Waals surface area contributed by atoms with E-state index >= 15 is 0 Å². The zero-order valence-corrected chi connectivity index (χ0v) is 15.8. The maximum atomic E-state index is 12.4. The molecule has 6 nitrogen and oxygen atoms in total. The Kier molecular flexibility index (Phi) is 6.63. The summed E-state index contributed by atoms with van der Waals surface area (Å²) in [6, 6.07) is -0.262. The number of carbonyl (C=O) groups excluding carboxylic acids is 2. The number of ether oxygens (including phenoxy) is 2. The van der Waals surface area contributed by atoms with Crippen LogP contribution in [0.1, 0.15) is 66.2 Å². The molecule has 0 aromatic rings. The van der Waals surface area contributed by atoms with Crippen LogP contribution in [-0.4, -0.2) is 41.7 Å². The summed E-state index contributed by atoms with van der Waals surface area (Å²) in [4.78, 5) is 24.1. The van der Waals surface area contributed by atoms with E-state index in [1.165, 1.54) is 6.92 Å². The van der Waals surface area contributed by atoms with Crippen LogP contribution in [0.15, 0.2) is 11.6 Å². The fourth-order valence-electron chi connectivity index (χ4n) is 4.16. The van der Waals surface area contributed by atoms with Gasteiger partial charge in [0.05, 0.1) is 6.10 Å². The quantitative estimate of drug-likeness (QED) is 0.329. The number of amides is 1. The SMILES string of the molecule is CC(=O)OC(OC1CCCCC1)[N+]1(C(=O)[O-])CC(C)=CCC1C(C)C. The lowest BCUT2D eigenvalue weighted by Gasteiger charge is -2.50. The molecule has 3 atom stereocenters. The second kappa shape index (κ2) is 8.32. The highest BCUT2D eigenvalue weighted by Gasteiger charge is 2.52. The van der Waals surface area contributed by atoms with Crippen molar-refractivity contribution in [3.8, 4) is 0 Å². The van der Waals surface area contributed by atoms with Crippen molar-refractivity contribution in [3.63, 3.8) is 0 Å². The molecular weight excluding hydrogens is 322 g/mol. The average Bonchev–Trinajstić information content (AvgIpc) is 2.54. The van der Waals surface area contributed by atoms with Crippen molar-refractivity contribution in [2.24, 2.45) is 5.92 Å². The number of rotatable bonds is 5. The Labute approximate surface area is 150 Å². The summed E-state index contributed by atoms with van der Waals surface area (Å²) in [5, 5.41) is 12.4. The van der Waals surface area contributed by atoms with Crippen LogP contribution in [0.4, 0.5) is 4.79 Å². The van der Waals surface area contributed by atoms with E-state index in [2.05, 4.69) is 6.08 Å². The summed E-state index contributed by atoms with van der Waals surface area (Å²) < 4.78 is 11.1. The predicted octanol–water partition coefficient (Wildman–Crippen LogP) is 2.72. The van der Waals surface area contributed by atoms with E-state index in [4.69, 9.17) is 9.47 Å². The molecule has 0 bridgehead atoms. The van der Waals surface area contributed by atoms with E-state index in [0.717, 1.165) is 37.7 Å². The van der Waals surface area contributed by atoms with E-state index < -0.39 is 23.0 Å². The lowest BCUT2D eigenvalue weighted by molar-refractivity contribution is -0.965. The fraction of sp³-hybridized carbons (Fsp3) is 0.789. The lowest BCUT2D eigenvalue weighted by Crippen LogP contribution is -2.73. The first kappa shape index (κ1) is 19.9. The third-order valence-electron chi connectivity index (χ3n) is 5.42. The predicted molar refractivity (Wildman–Crippen MR) is 91.0 cm³/mol. The summed E-state index contributed by atoms with van der Waals surface area (Å²) >= 11 is 0. The molecular formula is C19H31NO5. The number of quaternary nitrogens is 1. The molecule has 0 N–H and O–H groups in total. The van der Waals surface area contributed by atoms with Gasteiger partial charge in [-0.3, -0.25) is 9.53 Å². The smallest absolute Gasteiger partial charge is 0.360 e. The van der Waals surface area contributed by atoms with Crippen LogP contribution in [0.5, 0.6) is 0 Å². The molecule has 6 heteroatoms. The Bertz CT molecular complexity index is 524. The third-order valence-corrected chi connectivity index (χ3v) is 5.42. The molecule has 0 saturated heterocycles. The Balaban J connectivity index is 2.40. The van der Waals surface area contributed by atoms with Gasteiger partial charge in [-0.15, -0.1) is 0 Å². The monoisotopic (exact) mass is 353 g/mol. The highest BCUT2D eigenvalue weighted by molar-refractivity contribution is 5.66. The van der Waals surface area contributed by atoms with Crippen molar-refractivity contribution in [3.05, 3.63) is 11.6 Å². The average molecular weight is 353 g/mol. The molecule has 0 aromatic carbocycles. The van der Waals surface area contributed by atoms with Crippen molar-refractivity contribution in [2.45, 2.75) is 84.8 Å². The minimum Gasteiger partial charge on any atom is -0.498 e. The van der Waals surface area contributed by atoms with Crippen molar-refractivity contribution in [1.29, 1.82) is 0 Å². The lowest BCUT2D eigenvalue weighted by atomic mass is 9.91. The van der Waals surface area contributed by atoms with E-state index in [-0.39, 0.29) is 24.6 Å². The summed E-state index contributed by atoms with van der Waals surface area (Å²) in [6.07, 6.45) is 5.18. The van der Waals surface area contributed by atoms with Crippen LogP contribution in [-0.2, 0) is 14.3 Å². The van der Waals surface area contributed by atoms with Gasteiger partial charge in [0, 0.05) is 19.3 Å².